The second kappa shape index (κ2) is 4.84. The molecule has 6 nitrogen and oxygen atoms in total. The van der Waals surface area contributed by atoms with E-state index < -0.39 is 6.10 Å². The highest BCUT2D eigenvalue weighted by Crippen LogP contribution is 2.11. The number of H-pyrrole nitrogens is 1. The molecule has 2 aromatic heterocycles. The smallest absolute Gasteiger partial charge is 0.271 e. The summed E-state index contributed by atoms with van der Waals surface area (Å²) in [4.78, 5) is 11.6. The summed E-state index contributed by atoms with van der Waals surface area (Å²) in [5.74, 6) is 0.0865. The number of aliphatic hydroxyl groups excluding tert-OH is 1. The molecule has 2 aromatic rings. The molecule has 0 aliphatic carbocycles. The topological polar surface area (TPSA) is 91.2 Å². The lowest BCUT2D eigenvalue weighted by atomic mass is 10.2. The summed E-state index contributed by atoms with van der Waals surface area (Å²) in [7, 11) is 0. The number of aromatic nitrogens is 2. The number of aromatic amines is 1. The van der Waals surface area contributed by atoms with Gasteiger partial charge >= 0.3 is 0 Å². The van der Waals surface area contributed by atoms with Crippen molar-refractivity contribution in [3.05, 3.63) is 41.6 Å². The molecule has 1 unspecified atom stereocenters. The number of amides is 1. The number of nitrogens with zero attached hydrogens (tertiary/aromatic N) is 1. The maximum absolute atomic E-state index is 11.6. The predicted molar refractivity (Wildman–Crippen MR) is 59.3 cm³/mol. The van der Waals surface area contributed by atoms with Gasteiger partial charge in [-0.1, -0.05) is 0 Å². The second-order valence-electron chi connectivity index (χ2n) is 3.68. The van der Waals surface area contributed by atoms with Gasteiger partial charge in [-0.3, -0.25) is 9.89 Å². The fourth-order valence-electron chi connectivity index (χ4n) is 1.40. The monoisotopic (exact) mass is 235 g/mol. The Morgan fingerprint density at radius 3 is 3.12 bits per heavy atom. The third-order valence-corrected chi connectivity index (χ3v) is 2.27. The third-order valence-electron chi connectivity index (χ3n) is 2.27. The van der Waals surface area contributed by atoms with Gasteiger partial charge in [-0.05, 0) is 25.1 Å². The van der Waals surface area contributed by atoms with Crippen molar-refractivity contribution >= 4 is 5.91 Å². The Kier molecular flexibility index (Phi) is 3.24. The first-order valence-corrected chi connectivity index (χ1v) is 5.18. The largest absolute Gasteiger partial charge is 0.467 e. The zero-order valence-electron chi connectivity index (χ0n) is 9.30. The highest BCUT2D eigenvalue weighted by molar-refractivity contribution is 5.92. The Hall–Kier alpha value is -2.08. The number of carbonyl (C=O) groups excluding carboxylic acids is 1. The maximum atomic E-state index is 11.6. The van der Waals surface area contributed by atoms with Crippen molar-refractivity contribution in [1.29, 1.82) is 0 Å². The van der Waals surface area contributed by atoms with Crippen LogP contribution in [0.3, 0.4) is 0 Å². The van der Waals surface area contributed by atoms with Crippen molar-refractivity contribution in [2.75, 3.05) is 6.54 Å². The minimum absolute atomic E-state index is 0.0816. The van der Waals surface area contributed by atoms with Crippen molar-refractivity contribution in [2.45, 2.75) is 13.0 Å². The van der Waals surface area contributed by atoms with E-state index in [1.54, 1.807) is 18.2 Å². The van der Waals surface area contributed by atoms with Crippen LogP contribution < -0.4 is 5.32 Å². The molecular weight excluding hydrogens is 222 g/mol. The van der Waals surface area contributed by atoms with Crippen molar-refractivity contribution in [3.8, 4) is 0 Å². The van der Waals surface area contributed by atoms with Gasteiger partial charge in [-0.15, -0.1) is 0 Å². The van der Waals surface area contributed by atoms with Crippen LogP contribution >= 0.6 is 0 Å². The maximum Gasteiger partial charge on any atom is 0.271 e. The van der Waals surface area contributed by atoms with Gasteiger partial charge in [0.15, 0.2) is 0 Å². The number of hydrogen-bond donors (Lipinski definition) is 3. The van der Waals surface area contributed by atoms with Crippen LogP contribution in [0.4, 0.5) is 0 Å². The van der Waals surface area contributed by atoms with Gasteiger partial charge in [-0.2, -0.15) is 5.10 Å². The SMILES string of the molecule is Cc1cc(C(=O)NCC(O)c2ccco2)n[nH]1. The van der Waals surface area contributed by atoms with E-state index in [-0.39, 0.29) is 12.5 Å². The fourth-order valence-corrected chi connectivity index (χ4v) is 1.40. The average molecular weight is 235 g/mol. The Morgan fingerprint density at radius 1 is 1.71 bits per heavy atom. The number of furan rings is 1. The molecule has 17 heavy (non-hydrogen) atoms. The number of rotatable bonds is 4. The van der Waals surface area contributed by atoms with Gasteiger partial charge in [0.2, 0.25) is 0 Å². The van der Waals surface area contributed by atoms with Crippen LogP contribution in [0, 0.1) is 6.92 Å². The summed E-state index contributed by atoms with van der Waals surface area (Å²) in [6.07, 6.45) is 0.617. The van der Waals surface area contributed by atoms with Gasteiger partial charge in [-0.25, -0.2) is 0 Å². The number of aryl methyl sites for hydroxylation is 1. The molecule has 0 radical (unpaired) electrons. The summed E-state index contributed by atoms with van der Waals surface area (Å²) in [5, 5.41) is 18.7. The van der Waals surface area contributed by atoms with E-state index >= 15 is 0 Å². The molecule has 0 aliphatic heterocycles. The molecule has 3 N–H and O–H groups in total. The normalized spacial score (nSPS) is 12.4. The lowest BCUT2D eigenvalue weighted by molar-refractivity contribution is 0.0896. The van der Waals surface area contributed by atoms with Crippen LogP contribution in [0.25, 0.3) is 0 Å². The summed E-state index contributed by atoms with van der Waals surface area (Å²) in [6.45, 7) is 1.89. The van der Waals surface area contributed by atoms with E-state index in [2.05, 4.69) is 15.5 Å². The summed E-state index contributed by atoms with van der Waals surface area (Å²) < 4.78 is 5.01. The molecule has 6 heteroatoms. The van der Waals surface area contributed by atoms with Crippen LogP contribution in [-0.2, 0) is 0 Å². The highest BCUT2D eigenvalue weighted by atomic mass is 16.4. The molecule has 0 fully saturated rings. The van der Waals surface area contributed by atoms with E-state index in [0.29, 0.717) is 11.5 Å². The third kappa shape index (κ3) is 2.73. The molecule has 1 amide bonds. The summed E-state index contributed by atoms with van der Waals surface area (Å²) in [6, 6.07) is 4.96. The van der Waals surface area contributed by atoms with Crippen LogP contribution in [0.15, 0.2) is 28.9 Å². The summed E-state index contributed by atoms with van der Waals surface area (Å²) in [5.41, 5.74) is 1.11. The van der Waals surface area contributed by atoms with E-state index in [1.807, 2.05) is 6.92 Å². The van der Waals surface area contributed by atoms with Crippen molar-refractivity contribution in [3.63, 3.8) is 0 Å². The number of aliphatic hydroxyl groups is 1. The van der Waals surface area contributed by atoms with Crippen LogP contribution in [0.2, 0.25) is 0 Å². The van der Waals surface area contributed by atoms with E-state index in [0.717, 1.165) is 5.69 Å². The molecular formula is C11H13N3O3. The standard InChI is InChI=1S/C11H13N3O3/c1-7-5-8(14-13-7)11(16)12-6-9(15)10-3-2-4-17-10/h2-5,9,15H,6H2,1H3,(H,12,16)(H,13,14). The van der Waals surface area contributed by atoms with Gasteiger partial charge in [0.25, 0.3) is 5.91 Å². The molecule has 90 valence electrons. The van der Waals surface area contributed by atoms with Crippen LogP contribution in [0.5, 0.6) is 0 Å². The van der Waals surface area contributed by atoms with Crippen molar-refractivity contribution in [2.24, 2.45) is 0 Å². The summed E-state index contributed by atoms with van der Waals surface area (Å²) >= 11 is 0. The Labute approximate surface area is 97.6 Å². The molecule has 1 atom stereocenters. The van der Waals surface area contributed by atoms with Gasteiger partial charge in [0.1, 0.15) is 17.6 Å². The molecule has 2 heterocycles. The molecule has 2 rings (SSSR count). The molecule has 0 saturated heterocycles. The number of carbonyl (C=O) groups is 1. The van der Waals surface area contributed by atoms with Crippen molar-refractivity contribution in [1.82, 2.24) is 15.5 Å². The first-order chi connectivity index (χ1) is 8.16. The predicted octanol–water partition coefficient (Wildman–Crippen LogP) is 0.775. The molecule has 0 aromatic carbocycles. The lowest BCUT2D eigenvalue weighted by Gasteiger charge is -2.08. The minimum Gasteiger partial charge on any atom is -0.467 e. The molecule has 0 bridgehead atoms. The first kappa shape index (κ1) is 11.4. The average Bonchev–Trinajstić information content (AvgIpc) is 2.95. The van der Waals surface area contributed by atoms with Gasteiger partial charge < -0.3 is 14.8 Å². The van der Waals surface area contributed by atoms with Crippen LogP contribution in [-0.4, -0.2) is 27.8 Å². The number of nitrogens with one attached hydrogen (secondary N) is 2. The van der Waals surface area contributed by atoms with Gasteiger partial charge in [0.05, 0.1) is 12.8 Å². The second-order valence-corrected chi connectivity index (χ2v) is 3.68. The van der Waals surface area contributed by atoms with E-state index in [4.69, 9.17) is 4.42 Å². The zero-order chi connectivity index (χ0) is 12.3. The number of hydrogen-bond acceptors (Lipinski definition) is 4. The van der Waals surface area contributed by atoms with E-state index in [9.17, 15) is 9.90 Å². The molecule has 0 saturated carbocycles. The first-order valence-electron chi connectivity index (χ1n) is 5.18. The van der Waals surface area contributed by atoms with Gasteiger partial charge in [0, 0.05) is 5.69 Å². The Morgan fingerprint density at radius 2 is 2.53 bits per heavy atom. The fraction of sp³-hybridized carbons (Fsp3) is 0.273. The molecule has 0 aliphatic rings. The lowest BCUT2D eigenvalue weighted by Crippen LogP contribution is -2.28. The zero-order valence-corrected chi connectivity index (χ0v) is 9.30. The molecule has 0 spiro atoms. The van der Waals surface area contributed by atoms with E-state index in [1.165, 1.54) is 6.26 Å². The van der Waals surface area contributed by atoms with Crippen molar-refractivity contribution < 1.29 is 14.3 Å². The van der Waals surface area contributed by atoms with Crippen LogP contribution in [0.1, 0.15) is 28.0 Å². The quantitative estimate of drug-likeness (QED) is 0.730. The Balaban J connectivity index is 1.88. The minimum atomic E-state index is -0.853. The Bertz CT molecular complexity index is 490. The highest BCUT2D eigenvalue weighted by Gasteiger charge is 2.14.